The molecule has 0 atom stereocenters. The second-order valence-corrected chi connectivity index (χ2v) is 5.40. The van der Waals surface area contributed by atoms with E-state index in [1.807, 2.05) is 60.7 Å². The van der Waals surface area contributed by atoms with Crippen LogP contribution in [0.4, 0.5) is 5.69 Å². The molecule has 24 heavy (non-hydrogen) atoms. The van der Waals surface area contributed by atoms with Crippen LogP contribution in [-0.2, 0) is 11.2 Å². The first-order valence-electron chi connectivity index (χ1n) is 7.68. The second kappa shape index (κ2) is 7.42. The van der Waals surface area contributed by atoms with E-state index >= 15 is 0 Å². The van der Waals surface area contributed by atoms with Crippen molar-refractivity contribution in [2.75, 3.05) is 12.4 Å². The molecule has 0 bridgehead atoms. The normalized spacial score (nSPS) is 10.2. The molecule has 0 spiro atoms. The van der Waals surface area contributed by atoms with Crippen molar-refractivity contribution in [3.63, 3.8) is 0 Å². The van der Waals surface area contributed by atoms with Gasteiger partial charge in [0.15, 0.2) is 0 Å². The summed E-state index contributed by atoms with van der Waals surface area (Å²) in [5.41, 5.74) is 3.66. The Hall–Kier alpha value is -3.14. The summed E-state index contributed by atoms with van der Waals surface area (Å²) in [7, 11) is 1.62. The van der Waals surface area contributed by atoms with Crippen LogP contribution in [0.1, 0.15) is 5.56 Å². The van der Waals surface area contributed by atoms with Crippen LogP contribution in [0.3, 0.4) is 0 Å². The van der Waals surface area contributed by atoms with Gasteiger partial charge >= 0.3 is 0 Å². The molecule has 4 heteroatoms. The molecule has 1 N–H and O–H groups in total. The maximum absolute atomic E-state index is 12.2. The fraction of sp³-hybridized carbons (Fsp3) is 0.100. The zero-order valence-corrected chi connectivity index (χ0v) is 13.4. The quantitative estimate of drug-likeness (QED) is 0.775. The third-order valence-corrected chi connectivity index (χ3v) is 3.65. The van der Waals surface area contributed by atoms with E-state index < -0.39 is 0 Å². The van der Waals surface area contributed by atoms with E-state index in [2.05, 4.69) is 10.3 Å². The number of carbonyl (C=O) groups excluding carboxylic acids is 1. The lowest BCUT2D eigenvalue weighted by molar-refractivity contribution is -0.115. The molecule has 0 fully saturated rings. The molecule has 0 saturated heterocycles. The van der Waals surface area contributed by atoms with E-state index in [0.717, 1.165) is 22.4 Å². The van der Waals surface area contributed by atoms with E-state index in [-0.39, 0.29) is 5.91 Å². The number of aromatic nitrogens is 1. The highest BCUT2D eigenvalue weighted by atomic mass is 16.5. The minimum Gasteiger partial charge on any atom is -0.497 e. The van der Waals surface area contributed by atoms with Crippen LogP contribution in [0.5, 0.6) is 5.75 Å². The highest BCUT2D eigenvalue weighted by molar-refractivity contribution is 5.92. The molecule has 1 aromatic heterocycles. The van der Waals surface area contributed by atoms with E-state index in [9.17, 15) is 4.79 Å². The minimum atomic E-state index is -0.0767. The number of benzene rings is 2. The van der Waals surface area contributed by atoms with Gasteiger partial charge in [0.25, 0.3) is 0 Å². The van der Waals surface area contributed by atoms with Crippen molar-refractivity contribution >= 4 is 11.6 Å². The maximum atomic E-state index is 12.2. The van der Waals surface area contributed by atoms with E-state index in [0.29, 0.717) is 12.1 Å². The molecule has 4 nitrogen and oxygen atoms in total. The Kier molecular flexibility index (Phi) is 4.87. The van der Waals surface area contributed by atoms with Crippen LogP contribution in [0.25, 0.3) is 11.1 Å². The van der Waals surface area contributed by atoms with Gasteiger partial charge in [-0.3, -0.25) is 9.78 Å². The number of methoxy groups -OCH3 is 1. The summed E-state index contributed by atoms with van der Waals surface area (Å²) >= 11 is 0. The van der Waals surface area contributed by atoms with Crippen molar-refractivity contribution in [3.05, 3.63) is 78.6 Å². The average molecular weight is 318 g/mol. The Morgan fingerprint density at radius 2 is 1.75 bits per heavy atom. The summed E-state index contributed by atoms with van der Waals surface area (Å²) < 4.78 is 5.12. The molecule has 120 valence electrons. The van der Waals surface area contributed by atoms with Crippen molar-refractivity contribution < 1.29 is 9.53 Å². The molecule has 1 amide bonds. The molecular weight excluding hydrogens is 300 g/mol. The third kappa shape index (κ3) is 3.98. The highest BCUT2D eigenvalue weighted by Crippen LogP contribution is 2.21. The summed E-state index contributed by atoms with van der Waals surface area (Å²) in [4.78, 5) is 16.4. The highest BCUT2D eigenvalue weighted by Gasteiger charge is 2.06. The predicted molar refractivity (Wildman–Crippen MR) is 95.0 cm³/mol. The van der Waals surface area contributed by atoms with E-state index in [1.54, 1.807) is 19.5 Å². The van der Waals surface area contributed by atoms with Crippen molar-refractivity contribution in [1.82, 2.24) is 4.98 Å². The Labute approximate surface area is 141 Å². The summed E-state index contributed by atoms with van der Waals surface area (Å²) in [6, 6.07) is 19.3. The minimum absolute atomic E-state index is 0.0767. The predicted octanol–water partition coefficient (Wildman–Crippen LogP) is 3.94. The lowest BCUT2D eigenvalue weighted by atomic mass is 10.1. The Balaban J connectivity index is 1.68. The standard InChI is InChI=1S/C20H18N2O2/c1-24-19-9-7-15(8-10-19)11-20(23)22-18-12-17(13-21-14-18)16-5-3-2-4-6-16/h2-10,12-14H,11H2,1H3,(H,22,23). The van der Waals surface area contributed by atoms with Gasteiger partial charge < -0.3 is 10.1 Å². The number of hydrogen-bond donors (Lipinski definition) is 1. The number of rotatable bonds is 5. The summed E-state index contributed by atoms with van der Waals surface area (Å²) in [6.07, 6.45) is 3.74. The fourth-order valence-corrected chi connectivity index (χ4v) is 2.43. The number of hydrogen-bond acceptors (Lipinski definition) is 3. The first-order valence-corrected chi connectivity index (χ1v) is 7.68. The Bertz CT molecular complexity index is 815. The Morgan fingerprint density at radius 1 is 1.00 bits per heavy atom. The van der Waals surface area contributed by atoms with Crippen LogP contribution >= 0.6 is 0 Å². The van der Waals surface area contributed by atoms with E-state index in [1.165, 1.54) is 0 Å². The zero-order chi connectivity index (χ0) is 16.8. The molecule has 0 aliphatic heterocycles. The molecule has 0 aliphatic carbocycles. The first-order chi connectivity index (χ1) is 11.7. The van der Waals surface area contributed by atoms with Gasteiger partial charge in [-0.1, -0.05) is 42.5 Å². The van der Waals surface area contributed by atoms with Gasteiger partial charge in [-0.2, -0.15) is 0 Å². The van der Waals surface area contributed by atoms with Crippen molar-refractivity contribution in [2.24, 2.45) is 0 Å². The maximum Gasteiger partial charge on any atom is 0.228 e. The molecule has 0 saturated carbocycles. The number of ether oxygens (including phenoxy) is 1. The van der Waals surface area contributed by atoms with Gasteiger partial charge in [0.1, 0.15) is 5.75 Å². The molecule has 1 heterocycles. The smallest absolute Gasteiger partial charge is 0.228 e. The second-order valence-electron chi connectivity index (χ2n) is 5.40. The number of pyridine rings is 1. The zero-order valence-electron chi connectivity index (χ0n) is 13.4. The van der Waals surface area contributed by atoms with E-state index in [4.69, 9.17) is 4.74 Å². The van der Waals surface area contributed by atoms with Gasteiger partial charge in [-0.05, 0) is 29.3 Å². The largest absolute Gasteiger partial charge is 0.497 e. The molecule has 0 radical (unpaired) electrons. The van der Waals surface area contributed by atoms with Crippen molar-refractivity contribution in [1.29, 1.82) is 0 Å². The van der Waals surface area contributed by atoms with Gasteiger partial charge in [-0.25, -0.2) is 0 Å². The number of anilines is 1. The topological polar surface area (TPSA) is 51.2 Å². The summed E-state index contributed by atoms with van der Waals surface area (Å²) in [5, 5.41) is 2.90. The number of nitrogens with zero attached hydrogens (tertiary/aromatic N) is 1. The van der Waals surface area contributed by atoms with Crippen LogP contribution in [0.15, 0.2) is 73.1 Å². The van der Waals surface area contributed by atoms with Crippen LogP contribution in [0, 0.1) is 0 Å². The molecule has 3 rings (SSSR count). The van der Waals surface area contributed by atoms with Crippen LogP contribution in [0.2, 0.25) is 0 Å². The molecule has 0 aliphatic rings. The molecule has 2 aromatic carbocycles. The third-order valence-electron chi connectivity index (χ3n) is 3.65. The first kappa shape index (κ1) is 15.7. The van der Waals surface area contributed by atoms with Gasteiger partial charge in [0.05, 0.1) is 25.4 Å². The van der Waals surface area contributed by atoms with Gasteiger partial charge in [0.2, 0.25) is 5.91 Å². The monoisotopic (exact) mass is 318 g/mol. The van der Waals surface area contributed by atoms with Crippen molar-refractivity contribution in [2.45, 2.75) is 6.42 Å². The van der Waals surface area contributed by atoms with Crippen molar-refractivity contribution in [3.8, 4) is 16.9 Å². The number of nitrogens with one attached hydrogen (secondary N) is 1. The average Bonchev–Trinajstić information content (AvgIpc) is 2.63. The van der Waals surface area contributed by atoms with Crippen LogP contribution in [-0.4, -0.2) is 18.0 Å². The number of amides is 1. The summed E-state index contributed by atoms with van der Waals surface area (Å²) in [5.74, 6) is 0.700. The molecule has 0 unspecified atom stereocenters. The summed E-state index contributed by atoms with van der Waals surface area (Å²) in [6.45, 7) is 0. The van der Waals surface area contributed by atoms with Gasteiger partial charge in [-0.15, -0.1) is 0 Å². The van der Waals surface area contributed by atoms with Crippen LogP contribution < -0.4 is 10.1 Å². The Morgan fingerprint density at radius 3 is 2.46 bits per heavy atom. The fourth-order valence-electron chi connectivity index (χ4n) is 2.43. The molecule has 3 aromatic rings. The van der Waals surface area contributed by atoms with Gasteiger partial charge in [0, 0.05) is 11.8 Å². The molecular formula is C20H18N2O2. The lowest BCUT2D eigenvalue weighted by Gasteiger charge is -2.08. The SMILES string of the molecule is COc1ccc(CC(=O)Nc2cncc(-c3ccccc3)c2)cc1. The number of carbonyl (C=O) groups is 1. The lowest BCUT2D eigenvalue weighted by Crippen LogP contribution is -2.14.